The zero-order chi connectivity index (χ0) is 16.7. The van der Waals surface area contributed by atoms with Gasteiger partial charge >= 0.3 is 11.9 Å². The van der Waals surface area contributed by atoms with Crippen LogP contribution in [0.3, 0.4) is 0 Å². The molecule has 5 heteroatoms. The minimum atomic E-state index is -0.486. The molecule has 0 N–H and O–H groups in total. The number of carbonyl (C=O) groups excluding carboxylic acids is 2. The van der Waals surface area contributed by atoms with Crippen LogP contribution >= 0.6 is 11.6 Å². The maximum Gasteiger partial charge on any atom is 0.343 e. The highest BCUT2D eigenvalue weighted by molar-refractivity contribution is 6.30. The average molecular weight is 333 g/mol. The Balaban J connectivity index is 1.95. The van der Waals surface area contributed by atoms with Crippen molar-refractivity contribution >= 4 is 23.5 Å². The van der Waals surface area contributed by atoms with Gasteiger partial charge in [-0.2, -0.15) is 0 Å². The van der Waals surface area contributed by atoms with Crippen LogP contribution in [0.1, 0.15) is 40.5 Å². The van der Waals surface area contributed by atoms with Crippen LogP contribution in [0.5, 0.6) is 5.75 Å². The van der Waals surface area contributed by atoms with E-state index in [9.17, 15) is 9.59 Å². The summed E-state index contributed by atoms with van der Waals surface area (Å²) in [6.45, 7) is 2.43. The van der Waals surface area contributed by atoms with Gasteiger partial charge < -0.3 is 9.47 Å². The molecule has 2 rings (SSSR count). The summed E-state index contributed by atoms with van der Waals surface area (Å²) < 4.78 is 10.4. The molecule has 23 heavy (non-hydrogen) atoms. The third-order valence-electron chi connectivity index (χ3n) is 3.11. The highest BCUT2D eigenvalue weighted by Crippen LogP contribution is 2.16. The number of ether oxygens (including phenoxy) is 2. The quantitative estimate of drug-likeness (QED) is 0.443. The van der Waals surface area contributed by atoms with E-state index in [2.05, 4.69) is 0 Å². The molecule has 0 radical (unpaired) electrons. The van der Waals surface area contributed by atoms with E-state index in [0.29, 0.717) is 28.5 Å². The van der Waals surface area contributed by atoms with Crippen LogP contribution in [0, 0.1) is 0 Å². The SMILES string of the molecule is CCCCOC(=O)c1ccc(OC(=O)c2ccc(Cl)cc2)cc1. The molecule has 120 valence electrons. The largest absolute Gasteiger partial charge is 0.462 e. The molecule has 0 amide bonds. The first-order chi connectivity index (χ1) is 11.1. The first-order valence-electron chi connectivity index (χ1n) is 7.35. The predicted molar refractivity (Wildman–Crippen MR) is 88.0 cm³/mol. The maximum absolute atomic E-state index is 12.0. The topological polar surface area (TPSA) is 52.6 Å². The van der Waals surface area contributed by atoms with Gasteiger partial charge in [0.2, 0.25) is 0 Å². The Morgan fingerprint density at radius 3 is 2.09 bits per heavy atom. The van der Waals surface area contributed by atoms with Crippen molar-refractivity contribution in [2.75, 3.05) is 6.61 Å². The lowest BCUT2D eigenvalue weighted by molar-refractivity contribution is 0.0499. The van der Waals surface area contributed by atoms with Crippen molar-refractivity contribution in [2.45, 2.75) is 19.8 Å². The molecular formula is C18H17ClO4. The minimum Gasteiger partial charge on any atom is -0.462 e. The first kappa shape index (κ1) is 17.0. The van der Waals surface area contributed by atoms with E-state index in [1.807, 2.05) is 6.92 Å². The summed E-state index contributed by atoms with van der Waals surface area (Å²) in [4.78, 5) is 23.7. The maximum atomic E-state index is 12.0. The van der Waals surface area contributed by atoms with Crippen molar-refractivity contribution in [3.05, 3.63) is 64.7 Å². The van der Waals surface area contributed by atoms with E-state index in [1.165, 1.54) is 0 Å². The van der Waals surface area contributed by atoms with Crippen LogP contribution in [0.2, 0.25) is 5.02 Å². The van der Waals surface area contributed by atoms with Crippen LogP contribution in [-0.4, -0.2) is 18.5 Å². The Kier molecular flexibility index (Phi) is 6.18. The molecule has 0 saturated heterocycles. The molecule has 0 unspecified atom stereocenters. The third-order valence-corrected chi connectivity index (χ3v) is 3.36. The Morgan fingerprint density at radius 1 is 0.913 bits per heavy atom. The minimum absolute atomic E-state index is 0.357. The monoisotopic (exact) mass is 332 g/mol. The fraction of sp³-hybridized carbons (Fsp3) is 0.222. The summed E-state index contributed by atoms with van der Waals surface area (Å²) >= 11 is 5.77. The molecule has 0 aliphatic heterocycles. The van der Waals surface area contributed by atoms with Crippen LogP contribution in [0.15, 0.2) is 48.5 Å². The van der Waals surface area contributed by atoms with E-state index in [-0.39, 0.29) is 5.97 Å². The van der Waals surface area contributed by atoms with Crippen LogP contribution in [-0.2, 0) is 4.74 Å². The van der Waals surface area contributed by atoms with E-state index >= 15 is 0 Å². The molecule has 0 aliphatic carbocycles. The molecule has 2 aromatic rings. The van der Waals surface area contributed by atoms with Crippen LogP contribution in [0.25, 0.3) is 0 Å². The van der Waals surface area contributed by atoms with Gasteiger partial charge in [0.1, 0.15) is 5.75 Å². The molecular weight excluding hydrogens is 316 g/mol. The number of carbonyl (C=O) groups is 2. The molecule has 0 heterocycles. The van der Waals surface area contributed by atoms with Gasteiger partial charge in [0.15, 0.2) is 0 Å². The average Bonchev–Trinajstić information content (AvgIpc) is 2.56. The van der Waals surface area contributed by atoms with E-state index in [0.717, 1.165) is 12.8 Å². The van der Waals surface area contributed by atoms with Crippen molar-refractivity contribution in [3.8, 4) is 5.75 Å². The second kappa shape index (κ2) is 8.34. The van der Waals surface area contributed by atoms with Crippen molar-refractivity contribution < 1.29 is 19.1 Å². The molecule has 4 nitrogen and oxygen atoms in total. The zero-order valence-electron chi connectivity index (χ0n) is 12.8. The van der Waals surface area contributed by atoms with Gasteiger partial charge in [-0.1, -0.05) is 24.9 Å². The van der Waals surface area contributed by atoms with E-state index < -0.39 is 5.97 Å². The zero-order valence-corrected chi connectivity index (χ0v) is 13.5. The lowest BCUT2D eigenvalue weighted by Crippen LogP contribution is -2.09. The van der Waals surface area contributed by atoms with Gasteiger partial charge in [0.25, 0.3) is 0 Å². The molecule has 0 spiro atoms. The highest BCUT2D eigenvalue weighted by Gasteiger charge is 2.10. The Labute approximate surface area is 140 Å². The second-order valence-corrected chi connectivity index (χ2v) is 5.35. The summed E-state index contributed by atoms with van der Waals surface area (Å²) in [5.74, 6) is -0.510. The molecule has 0 atom stereocenters. The summed E-state index contributed by atoms with van der Waals surface area (Å²) in [5.41, 5.74) is 0.824. The Bertz CT molecular complexity index is 662. The summed E-state index contributed by atoms with van der Waals surface area (Å²) in [6, 6.07) is 12.7. The van der Waals surface area contributed by atoms with Crippen molar-refractivity contribution in [3.63, 3.8) is 0 Å². The molecule has 0 fully saturated rings. The smallest absolute Gasteiger partial charge is 0.343 e. The first-order valence-corrected chi connectivity index (χ1v) is 7.73. The van der Waals surface area contributed by atoms with Gasteiger partial charge in [-0.05, 0) is 55.0 Å². The lowest BCUT2D eigenvalue weighted by Gasteiger charge is -2.06. The number of unbranched alkanes of at least 4 members (excludes halogenated alkanes) is 1. The second-order valence-electron chi connectivity index (χ2n) is 4.91. The Hall–Kier alpha value is -2.33. The highest BCUT2D eigenvalue weighted by atomic mass is 35.5. The van der Waals surface area contributed by atoms with E-state index in [1.54, 1.807) is 48.5 Å². The Morgan fingerprint density at radius 2 is 1.48 bits per heavy atom. The van der Waals surface area contributed by atoms with Gasteiger partial charge in [-0.25, -0.2) is 9.59 Å². The van der Waals surface area contributed by atoms with Crippen molar-refractivity contribution in [1.82, 2.24) is 0 Å². The molecule has 2 aromatic carbocycles. The number of hydrogen-bond donors (Lipinski definition) is 0. The van der Waals surface area contributed by atoms with Crippen LogP contribution in [0.4, 0.5) is 0 Å². The van der Waals surface area contributed by atoms with Crippen LogP contribution < -0.4 is 4.74 Å². The number of benzene rings is 2. The standard InChI is InChI=1S/C18H17ClO4/c1-2-3-12-22-17(20)13-6-10-16(11-7-13)23-18(21)14-4-8-15(19)9-5-14/h4-11H,2-3,12H2,1H3. The van der Waals surface area contributed by atoms with E-state index in [4.69, 9.17) is 21.1 Å². The molecule has 0 aromatic heterocycles. The van der Waals surface area contributed by atoms with Gasteiger partial charge in [0.05, 0.1) is 17.7 Å². The van der Waals surface area contributed by atoms with Crippen molar-refractivity contribution in [1.29, 1.82) is 0 Å². The van der Waals surface area contributed by atoms with Crippen molar-refractivity contribution in [2.24, 2.45) is 0 Å². The molecule has 0 aliphatic rings. The fourth-order valence-corrected chi connectivity index (χ4v) is 1.93. The van der Waals surface area contributed by atoms with Gasteiger partial charge in [0, 0.05) is 5.02 Å². The summed E-state index contributed by atoms with van der Waals surface area (Å²) in [6.07, 6.45) is 1.80. The summed E-state index contributed by atoms with van der Waals surface area (Å²) in [5, 5.41) is 0.549. The lowest BCUT2D eigenvalue weighted by atomic mass is 10.2. The third kappa shape index (κ3) is 5.11. The molecule has 0 saturated carbocycles. The number of hydrogen-bond acceptors (Lipinski definition) is 4. The number of rotatable bonds is 6. The predicted octanol–water partition coefficient (Wildman–Crippen LogP) is 4.52. The number of halogens is 1. The number of esters is 2. The van der Waals surface area contributed by atoms with Gasteiger partial charge in [-0.15, -0.1) is 0 Å². The normalized spacial score (nSPS) is 10.2. The fourth-order valence-electron chi connectivity index (χ4n) is 1.80. The van der Waals surface area contributed by atoms with Gasteiger partial charge in [-0.3, -0.25) is 0 Å². The molecule has 0 bridgehead atoms. The summed E-state index contributed by atoms with van der Waals surface area (Å²) in [7, 11) is 0.